The van der Waals surface area contributed by atoms with Crippen LogP contribution in [0.2, 0.25) is 0 Å². The molecule has 2 aromatic rings. The molecule has 0 saturated carbocycles. The Hall–Kier alpha value is -1.40. The maximum Gasteiger partial charge on any atom is 0.251 e. The van der Waals surface area contributed by atoms with Crippen LogP contribution in [-0.2, 0) is 0 Å². The van der Waals surface area contributed by atoms with E-state index in [4.69, 9.17) is 0 Å². The molecule has 1 aliphatic rings. The van der Waals surface area contributed by atoms with Crippen LogP contribution in [0.5, 0.6) is 0 Å². The van der Waals surface area contributed by atoms with Crippen molar-refractivity contribution in [3.8, 4) is 0 Å². The van der Waals surface area contributed by atoms with Crippen LogP contribution in [0.4, 0.5) is 0 Å². The van der Waals surface area contributed by atoms with E-state index < -0.39 is 0 Å². The largest absolute Gasteiger partial charge is 0.346 e. The molecule has 1 saturated heterocycles. The quantitative estimate of drug-likeness (QED) is 0.715. The van der Waals surface area contributed by atoms with Crippen LogP contribution in [0, 0.1) is 3.57 Å². The van der Waals surface area contributed by atoms with Gasteiger partial charge in [-0.15, -0.1) is 0 Å². The number of benzene rings is 2. The van der Waals surface area contributed by atoms with E-state index in [9.17, 15) is 4.79 Å². The summed E-state index contributed by atoms with van der Waals surface area (Å²) >= 11 is 2.24. The average Bonchev–Trinajstić information content (AvgIpc) is 3.10. The van der Waals surface area contributed by atoms with Gasteiger partial charge in [-0.05, 0) is 40.8 Å². The number of rotatable bonds is 5. The number of amides is 1. The maximum absolute atomic E-state index is 12.4. The molecule has 120 valence electrons. The highest BCUT2D eigenvalue weighted by molar-refractivity contribution is 14.1. The van der Waals surface area contributed by atoms with E-state index in [1.165, 1.54) is 31.5 Å². The summed E-state index contributed by atoms with van der Waals surface area (Å²) < 4.78 is 1.08. The lowest BCUT2D eigenvalue weighted by molar-refractivity contribution is -0.918. The summed E-state index contributed by atoms with van der Waals surface area (Å²) in [5.74, 6) is 0.0167. The third-order valence-electron chi connectivity index (χ3n) is 4.49. The maximum atomic E-state index is 12.4. The van der Waals surface area contributed by atoms with E-state index in [1.807, 2.05) is 30.3 Å². The lowest BCUT2D eigenvalue weighted by Crippen LogP contribution is -3.11. The molecule has 1 aliphatic heterocycles. The van der Waals surface area contributed by atoms with Crippen LogP contribution < -0.4 is 10.2 Å². The van der Waals surface area contributed by atoms with Crippen molar-refractivity contribution in [3.63, 3.8) is 0 Å². The summed E-state index contributed by atoms with van der Waals surface area (Å²) in [5, 5.41) is 3.14. The number of quaternary nitrogens is 1. The Bertz CT molecular complexity index is 653. The molecule has 1 amide bonds. The molecule has 2 N–H and O–H groups in total. The van der Waals surface area contributed by atoms with Crippen LogP contribution in [0.3, 0.4) is 0 Å². The highest BCUT2D eigenvalue weighted by Gasteiger charge is 2.27. The van der Waals surface area contributed by atoms with Crippen LogP contribution in [0.25, 0.3) is 0 Å². The van der Waals surface area contributed by atoms with Gasteiger partial charge in [0.25, 0.3) is 5.91 Å². The molecule has 4 heteroatoms. The smallest absolute Gasteiger partial charge is 0.251 e. The van der Waals surface area contributed by atoms with Crippen molar-refractivity contribution in [2.45, 2.75) is 18.9 Å². The van der Waals surface area contributed by atoms with E-state index in [0.717, 1.165) is 9.13 Å². The Balaban J connectivity index is 1.70. The molecule has 0 unspecified atom stereocenters. The van der Waals surface area contributed by atoms with E-state index in [2.05, 4.69) is 52.2 Å². The topological polar surface area (TPSA) is 33.5 Å². The Morgan fingerprint density at radius 2 is 1.83 bits per heavy atom. The minimum absolute atomic E-state index is 0.0167. The monoisotopic (exact) mass is 421 g/mol. The Morgan fingerprint density at radius 1 is 1.09 bits per heavy atom. The van der Waals surface area contributed by atoms with E-state index in [1.54, 1.807) is 4.90 Å². The third-order valence-corrected chi connectivity index (χ3v) is 5.17. The molecule has 1 atom stereocenters. The van der Waals surface area contributed by atoms with Crippen LogP contribution in [-0.4, -0.2) is 25.5 Å². The molecular weight excluding hydrogens is 399 g/mol. The van der Waals surface area contributed by atoms with Crippen molar-refractivity contribution < 1.29 is 9.69 Å². The lowest BCUT2D eigenvalue weighted by Gasteiger charge is -2.25. The molecule has 3 rings (SSSR count). The average molecular weight is 421 g/mol. The molecule has 0 radical (unpaired) electrons. The number of hydrogen-bond acceptors (Lipinski definition) is 1. The summed E-state index contributed by atoms with van der Waals surface area (Å²) in [6, 6.07) is 18.6. The van der Waals surface area contributed by atoms with Crippen molar-refractivity contribution in [1.29, 1.82) is 0 Å². The molecule has 0 bridgehead atoms. The number of carbonyl (C=O) groups excluding carboxylic acids is 1. The second-order valence-electron chi connectivity index (χ2n) is 6.05. The van der Waals surface area contributed by atoms with Gasteiger partial charge in [-0.3, -0.25) is 4.79 Å². The normalized spacial score (nSPS) is 16.2. The van der Waals surface area contributed by atoms with E-state index in [-0.39, 0.29) is 5.91 Å². The van der Waals surface area contributed by atoms with Crippen molar-refractivity contribution in [3.05, 3.63) is 69.3 Å². The molecule has 1 fully saturated rings. The lowest BCUT2D eigenvalue weighted by atomic mass is 10.1. The standard InChI is InChI=1S/C19H21IN2O/c20-17-10-6-9-16(13-17)19(23)21-14-18(22-11-4-5-12-22)15-7-2-1-3-8-15/h1-3,6-10,13,18H,4-5,11-12,14H2,(H,21,23)/p+1/t18-/m1/s1. The minimum Gasteiger partial charge on any atom is -0.346 e. The molecule has 23 heavy (non-hydrogen) atoms. The van der Waals surface area contributed by atoms with E-state index >= 15 is 0 Å². The van der Waals surface area contributed by atoms with Crippen molar-refractivity contribution >= 4 is 28.5 Å². The van der Waals surface area contributed by atoms with Gasteiger partial charge in [-0.1, -0.05) is 36.4 Å². The minimum atomic E-state index is 0.0167. The van der Waals surface area contributed by atoms with Crippen molar-refractivity contribution in [2.24, 2.45) is 0 Å². The Labute approximate surface area is 151 Å². The van der Waals surface area contributed by atoms with Gasteiger partial charge in [-0.25, -0.2) is 0 Å². The molecular formula is C19H22IN2O+. The van der Waals surface area contributed by atoms with Gasteiger partial charge in [0, 0.05) is 27.5 Å². The number of carbonyl (C=O) groups is 1. The summed E-state index contributed by atoms with van der Waals surface area (Å²) in [6.07, 6.45) is 2.56. The van der Waals surface area contributed by atoms with E-state index in [0.29, 0.717) is 12.6 Å². The van der Waals surface area contributed by atoms with Crippen LogP contribution in [0.1, 0.15) is 34.8 Å². The fourth-order valence-electron chi connectivity index (χ4n) is 3.29. The fraction of sp³-hybridized carbons (Fsp3) is 0.316. The molecule has 0 spiro atoms. The summed E-state index contributed by atoms with van der Waals surface area (Å²) in [5.41, 5.74) is 2.05. The molecule has 1 heterocycles. The molecule has 2 aromatic carbocycles. The zero-order valence-electron chi connectivity index (χ0n) is 13.1. The van der Waals surface area contributed by atoms with Gasteiger partial charge < -0.3 is 10.2 Å². The Kier molecular flexibility index (Phi) is 5.67. The van der Waals surface area contributed by atoms with Crippen LogP contribution in [0.15, 0.2) is 54.6 Å². The van der Waals surface area contributed by atoms with Crippen LogP contribution >= 0.6 is 22.6 Å². The van der Waals surface area contributed by atoms with Gasteiger partial charge in [0.15, 0.2) is 0 Å². The first-order valence-corrected chi connectivity index (χ1v) is 9.25. The highest BCUT2D eigenvalue weighted by Crippen LogP contribution is 2.12. The number of nitrogens with one attached hydrogen (secondary N) is 2. The van der Waals surface area contributed by atoms with Crippen molar-refractivity contribution in [2.75, 3.05) is 19.6 Å². The molecule has 0 aromatic heterocycles. The number of halogens is 1. The predicted octanol–water partition coefficient (Wildman–Crippen LogP) is 2.44. The number of hydrogen-bond donors (Lipinski definition) is 2. The second kappa shape index (κ2) is 7.93. The van der Waals surface area contributed by atoms with Crippen molar-refractivity contribution in [1.82, 2.24) is 5.32 Å². The molecule has 0 aliphatic carbocycles. The van der Waals surface area contributed by atoms with Gasteiger partial charge in [-0.2, -0.15) is 0 Å². The fourth-order valence-corrected chi connectivity index (χ4v) is 3.83. The SMILES string of the molecule is O=C(NC[C@H](c1ccccc1)[NH+]1CCCC1)c1cccc(I)c1. The zero-order valence-corrected chi connectivity index (χ0v) is 15.3. The summed E-state index contributed by atoms with van der Waals surface area (Å²) in [6.45, 7) is 3.07. The van der Waals surface area contributed by atoms with Gasteiger partial charge in [0.2, 0.25) is 0 Å². The predicted molar refractivity (Wildman–Crippen MR) is 101 cm³/mol. The summed E-state index contributed by atoms with van der Waals surface area (Å²) in [7, 11) is 0. The van der Waals surface area contributed by atoms with Gasteiger partial charge >= 0.3 is 0 Å². The summed E-state index contributed by atoms with van der Waals surface area (Å²) in [4.78, 5) is 14.0. The van der Waals surface area contributed by atoms with Gasteiger partial charge in [0.05, 0.1) is 19.6 Å². The molecule has 3 nitrogen and oxygen atoms in total. The first kappa shape index (κ1) is 16.5. The Morgan fingerprint density at radius 3 is 2.52 bits per heavy atom. The van der Waals surface area contributed by atoms with Gasteiger partial charge in [0.1, 0.15) is 6.04 Å². The third kappa shape index (κ3) is 4.32. The second-order valence-corrected chi connectivity index (χ2v) is 7.29. The zero-order chi connectivity index (χ0) is 16.1. The number of likely N-dealkylation sites (tertiary alicyclic amines) is 1. The highest BCUT2D eigenvalue weighted by atomic mass is 127. The first-order chi connectivity index (χ1) is 11.2. The first-order valence-electron chi connectivity index (χ1n) is 8.17.